The first kappa shape index (κ1) is 14.0. The minimum absolute atomic E-state index is 0.143. The molecule has 1 aliphatic heterocycles. The normalized spacial score (nSPS) is 17.1. The van der Waals surface area contributed by atoms with Crippen LogP contribution in [0.25, 0.3) is 0 Å². The number of hydrogen-bond acceptors (Lipinski definition) is 3. The highest BCUT2D eigenvalue weighted by molar-refractivity contribution is 5.76. The van der Waals surface area contributed by atoms with Crippen LogP contribution in [0.15, 0.2) is 0 Å². The molecule has 0 radical (unpaired) electrons. The molecule has 1 aliphatic rings. The van der Waals surface area contributed by atoms with E-state index in [1.165, 1.54) is 0 Å². The largest absolute Gasteiger partial charge is 0.481 e. The number of methoxy groups -OCH3 is 1. The highest BCUT2D eigenvalue weighted by atomic mass is 16.5. The molecule has 0 unspecified atom stereocenters. The van der Waals surface area contributed by atoms with Gasteiger partial charge < -0.3 is 14.7 Å². The number of rotatable bonds is 6. The zero-order valence-electron chi connectivity index (χ0n) is 10.4. The van der Waals surface area contributed by atoms with E-state index in [1.54, 1.807) is 7.11 Å². The standard InChI is InChI=1S/C12H21NO4/c1-17-10-6-8-13(9-7-10)11(14)4-2-3-5-12(15)16/h10H,2-9H2,1H3,(H,15,16). The van der Waals surface area contributed by atoms with E-state index in [-0.39, 0.29) is 18.4 Å². The van der Waals surface area contributed by atoms with Gasteiger partial charge in [0.15, 0.2) is 0 Å². The van der Waals surface area contributed by atoms with Gasteiger partial charge in [-0.15, -0.1) is 0 Å². The van der Waals surface area contributed by atoms with Gasteiger partial charge >= 0.3 is 5.97 Å². The summed E-state index contributed by atoms with van der Waals surface area (Å²) in [7, 11) is 1.70. The first-order valence-electron chi connectivity index (χ1n) is 6.16. The molecule has 0 aromatic heterocycles. The second-order valence-electron chi connectivity index (χ2n) is 4.42. The SMILES string of the molecule is COC1CCN(C(=O)CCCCC(=O)O)CC1. The van der Waals surface area contributed by atoms with E-state index in [1.807, 2.05) is 4.90 Å². The molecule has 98 valence electrons. The number of likely N-dealkylation sites (tertiary alicyclic amines) is 1. The van der Waals surface area contributed by atoms with E-state index in [9.17, 15) is 9.59 Å². The molecule has 1 N–H and O–H groups in total. The highest BCUT2D eigenvalue weighted by Crippen LogP contribution is 2.14. The molecule has 0 aromatic rings. The molecule has 1 heterocycles. The Morgan fingerprint density at radius 3 is 2.35 bits per heavy atom. The lowest BCUT2D eigenvalue weighted by molar-refractivity contribution is -0.138. The van der Waals surface area contributed by atoms with Crippen molar-refractivity contribution in [1.82, 2.24) is 4.90 Å². The number of unbranched alkanes of at least 4 members (excludes halogenated alkanes) is 1. The van der Waals surface area contributed by atoms with Crippen molar-refractivity contribution >= 4 is 11.9 Å². The highest BCUT2D eigenvalue weighted by Gasteiger charge is 2.21. The number of ether oxygens (including phenoxy) is 1. The van der Waals surface area contributed by atoms with E-state index in [0.29, 0.717) is 19.3 Å². The average Bonchev–Trinajstić information content (AvgIpc) is 2.34. The molecule has 1 amide bonds. The Bertz CT molecular complexity index is 259. The lowest BCUT2D eigenvalue weighted by atomic mass is 10.1. The van der Waals surface area contributed by atoms with Crippen molar-refractivity contribution in [3.8, 4) is 0 Å². The zero-order valence-corrected chi connectivity index (χ0v) is 10.4. The Morgan fingerprint density at radius 2 is 1.82 bits per heavy atom. The molecule has 1 saturated heterocycles. The van der Waals surface area contributed by atoms with E-state index >= 15 is 0 Å². The molecule has 0 spiro atoms. The van der Waals surface area contributed by atoms with Crippen LogP contribution in [0.5, 0.6) is 0 Å². The van der Waals surface area contributed by atoms with Gasteiger partial charge in [-0.1, -0.05) is 0 Å². The fourth-order valence-electron chi connectivity index (χ4n) is 2.05. The number of hydrogen-bond donors (Lipinski definition) is 1. The minimum atomic E-state index is -0.793. The van der Waals surface area contributed by atoms with Gasteiger partial charge in [-0.2, -0.15) is 0 Å². The van der Waals surface area contributed by atoms with Crippen molar-refractivity contribution in [3.05, 3.63) is 0 Å². The fourth-order valence-corrected chi connectivity index (χ4v) is 2.05. The topological polar surface area (TPSA) is 66.8 Å². The van der Waals surface area contributed by atoms with Crippen LogP contribution in [-0.2, 0) is 14.3 Å². The number of amides is 1. The number of carbonyl (C=O) groups excluding carboxylic acids is 1. The van der Waals surface area contributed by atoms with Crippen molar-refractivity contribution in [3.63, 3.8) is 0 Å². The molecular weight excluding hydrogens is 222 g/mol. The number of nitrogens with zero attached hydrogens (tertiary/aromatic N) is 1. The van der Waals surface area contributed by atoms with Gasteiger partial charge in [0.05, 0.1) is 6.10 Å². The lowest BCUT2D eigenvalue weighted by Gasteiger charge is -2.31. The van der Waals surface area contributed by atoms with Crippen LogP contribution in [-0.4, -0.2) is 48.2 Å². The van der Waals surface area contributed by atoms with Gasteiger partial charge in [-0.3, -0.25) is 9.59 Å². The summed E-state index contributed by atoms with van der Waals surface area (Å²) in [4.78, 5) is 23.9. The first-order valence-corrected chi connectivity index (χ1v) is 6.16. The molecule has 0 saturated carbocycles. The predicted molar refractivity (Wildman–Crippen MR) is 62.7 cm³/mol. The van der Waals surface area contributed by atoms with Crippen LogP contribution in [0.4, 0.5) is 0 Å². The second kappa shape index (κ2) is 7.27. The summed E-state index contributed by atoms with van der Waals surface area (Å²) in [5, 5.41) is 8.47. The summed E-state index contributed by atoms with van der Waals surface area (Å²) in [6.07, 6.45) is 3.94. The van der Waals surface area contributed by atoms with Crippen LogP contribution in [0.1, 0.15) is 38.5 Å². The molecule has 0 aliphatic carbocycles. The third kappa shape index (κ3) is 5.17. The zero-order chi connectivity index (χ0) is 12.7. The van der Waals surface area contributed by atoms with Gasteiger partial charge in [0.1, 0.15) is 0 Å². The molecular formula is C12H21NO4. The number of aliphatic carboxylic acids is 1. The quantitative estimate of drug-likeness (QED) is 0.713. The Kier molecular flexibility index (Phi) is 5.97. The Labute approximate surface area is 102 Å². The number of carbonyl (C=O) groups is 2. The summed E-state index contributed by atoms with van der Waals surface area (Å²) in [5.41, 5.74) is 0. The van der Waals surface area contributed by atoms with Crippen LogP contribution < -0.4 is 0 Å². The number of piperidine rings is 1. The van der Waals surface area contributed by atoms with Gasteiger partial charge in [-0.05, 0) is 25.7 Å². The van der Waals surface area contributed by atoms with Gasteiger partial charge in [0.2, 0.25) is 5.91 Å². The van der Waals surface area contributed by atoms with E-state index in [2.05, 4.69) is 0 Å². The van der Waals surface area contributed by atoms with Crippen LogP contribution in [0, 0.1) is 0 Å². The van der Waals surface area contributed by atoms with Crippen LogP contribution in [0.3, 0.4) is 0 Å². The van der Waals surface area contributed by atoms with E-state index in [0.717, 1.165) is 25.9 Å². The van der Waals surface area contributed by atoms with Crippen molar-refractivity contribution in [1.29, 1.82) is 0 Å². The minimum Gasteiger partial charge on any atom is -0.481 e. The summed E-state index contributed by atoms with van der Waals surface area (Å²) < 4.78 is 5.24. The Balaban J connectivity index is 2.14. The average molecular weight is 243 g/mol. The number of carboxylic acids is 1. The lowest BCUT2D eigenvalue weighted by Crippen LogP contribution is -2.40. The Hall–Kier alpha value is -1.10. The van der Waals surface area contributed by atoms with Crippen LogP contribution >= 0.6 is 0 Å². The molecule has 0 bridgehead atoms. The Morgan fingerprint density at radius 1 is 1.24 bits per heavy atom. The maximum absolute atomic E-state index is 11.8. The monoisotopic (exact) mass is 243 g/mol. The molecule has 5 heteroatoms. The summed E-state index contributed by atoms with van der Waals surface area (Å²) >= 11 is 0. The molecule has 1 fully saturated rings. The maximum Gasteiger partial charge on any atom is 0.303 e. The summed E-state index contributed by atoms with van der Waals surface area (Å²) in [5.74, 6) is -0.650. The van der Waals surface area contributed by atoms with Gasteiger partial charge in [0.25, 0.3) is 0 Å². The number of carboxylic acid groups (broad SMARTS) is 1. The molecule has 0 aromatic carbocycles. The van der Waals surface area contributed by atoms with Crippen molar-refractivity contribution < 1.29 is 19.4 Å². The van der Waals surface area contributed by atoms with E-state index < -0.39 is 5.97 Å². The third-order valence-corrected chi connectivity index (χ3v) is 3.16. The first-order chi connectivity index (χ1) is 8.13. The second-order valence-corrected chi connectivity index (χ2v) is 4.42. The third-order valence-electron chi connectivity index (χ3n) is 3.16. The van der Waals surface area contributed by atoms with Crippen LogP contribution in [0.2, 0.25) is 0 Å². The fraction of sp³-hybridized carbons (Fsp3) is 0.833. The maximum atomic E-state index is 11.8. The molecule has 5 nitrogen and oxygen atoms in total. The summed E-state index contributed by atoms with van der Waals surface area (Å²) in [6, 6.07) is 0. The van der Waals surface area contributed by atoms with Gasteiger partial charge in [0, 0.05) is 33.0 Å². The molecule has 17 heavy (non-hydrogen) atoms. The molecule has 1 rings (SSSR count). The summed E-state index contributed by atoms with van der Waals surface area (Å²) in [6.45, 7) is 1.52. The van der Waals surface area contributed by atoms with Crippen molar-refractivity contribution in [2.75, 3.05) is 20.2 Å². The van der Waals surface area contributed by atoms with E-state index in [4.69, 9.17) is 9.84 Å². The van der Waals surface area contributed by atoms with Gasteiger partial charge in [-0.25, -0.2) is 0 Å². The van der Waals surface area contributed by atoms with Crippen molar-refractivity contribution in [2.45, 2.75) is 44.6 Å². The predicted octanol–water partition coefficient (Wildman–Crippen LogP) is 1.27. The van der Waals surface area contributed by atoms with Crippen molar-refractivity contribution in [2.24, 2.45) is 0 Å². The molecule has 0 atom stereocenters. The smallest absolute Gasteiger partial charge is 0.303 e.